The van der Waals surface area contributed by atoms with E-state index in [0.29, 0.717) is 5.69 Å². The van der Waals surface area contributed by atoms with E-state index in [1.165, 1.54) is 17.7 Å². The Balaban J connectivity index is 1.91. The molecule has 2 aromatic carbocycles. The van der Waals surface area contributed by atoms with E-state index in [2.05, 4.69) is 6.07 Å². The van der Waals surface area contributed by atoms with Crippen LogP contribution in [0.15, 0.2) is 48.5 Å². The van der Waals surface area contributed by atoms with Gasteiger partial charge in [-0.3, -0.25) is 9.59 Å². The summed E-state index contributed by atoms with van der Waals surface area (Å²) in [4.78, 5) is 26.0. The molecule has 0 saturated carbocycles. The third-order valence-electron chi connectivity index (χ3n) is 4.65. The van der Waals surface area contributed by atoms with Gasteiger partial charge in [0.05, 0.1) is 5.92 Å². The first kappa shape index (κ1) is 17.1. The number of rotatable bonds is 5. The quantitative estimate of drug-likeness (QED) is 0.909. The Kier molecular flexibility index (Phi) is 5.12. The van der Waals surface area contributed by atoms with Crippen molar-refractivity contribution >= 4 is 17.5 Å². The molecule has 0 bridgehead atoms. The van der Waals surface area contributed by atoms with E-state index >= 15 is 0 Å². The van der Waals surface area contributed by atoms with Crippen molar-refractivity contribution < 1.29 is 14.0 Å². The van der Waals surface area contributed by atoms with Crippen LogP contribution < -0.4 is 10.6 Å². The lowest BCUT2D eigenvalue weighted by Gasteiger charge is -2.31. The standard InChI is InChI=1S/C20H21FN2O2/c21-15-8-10-16(11-9-15)23(13-12-19(22)24)20(25)18-7-3-5-14-4-1-2-6-17(14)18/h1-2,4,6,8-11,18H,3,5,7,12-13H2,(H2,22,24). The first-order chi connectivity index (χ1) is 12.1. The summed E-state index contributed by atoms with van der Waals surface area (Å²) in [5.74, 6) is -1.15. The van der Waals surface area contributed by atoms with Gasteiger partial charge in [0.2, 0.25) is 11.8 Å². The number of nitrogens with zero attached hydrogens (tertiary/aromatic N) is 1. The number of amides is 2. The van der Waals surface area contributed by atoms with Crippen LogP contribution in [0, 0.1) is 5.82 Å². The van der Waals surface area contributed by atoms with Crippen molar-refractivity contribution in [2.75, 3.05) is 11.4 Å². The molecule has 2 aromatic rings. The van der Waals surface area contributed by atoms with Crippen molar-refractivity contribution in [1.82, 2.24) is 0 Å². The Labute approximate surface area is 146 Å². The number of halogens is 1. The van der Waals surface area contributed by atoms with E-state index in [4.69, 9.17) is 5.73 Å². The summed E-state index contributed by atoms with van der Waals surface area (Å²) in [5.41, 5.74) is 8.08. The van der Waals surface area contributed by atoms with Crippen LogP contribution in [0.1, 0.15) is 36.3 Å². The minimum absolute atomic E-state index is 0.0669. The molecule has 25 heavy (non-hydrogen) atoms. The number of hydrogen-bond donors (Lipinski definition) is 1. The van der Waals surface area contributed by atoms with Gasteiger partial charge in [-0.15, -0.1) is 0 Å². The molecule has 3 rings (SSSR count). The molecule has 0 spiro atoms. The molecular weight excluding hydrogens is 319 g/mol. The predicted octanol–water partition coefficient (Wildman–Crippen LogP) is 3.15. The van der Waals surface area contributed by atoms with Crippen molar-refractivity contribution in [1.29, 1.82) is 0 Å². The molecule has 130 valence electrons. The molecule has 0 aliphatic heterocycles. The van der Waals surface area contributed by atoms with Crippen LogP contribution in [0.5, 0.6) is 0 Å². The van der Waals surface area contributed by atoms with Crippen LogP contribution >= 0.6 is 0 Å². The first-order valence-corrected chi connectivity index (χ1v) is 8.49. The molecule has 4 nitrogen and oxygen atoms in total. The highest BCUT2D eigenvalue weighted by Gasteiger charge is 2.30. The van der Waals surface area contributed by atoms with E-state index in [9.17, 15) is 14.0 Å². The second-order valence-corrected chi connectivity index (χ2v) is 6.33. The Morgan fingerprint density at radius 1 is 1.12 bits per heavy atom. The van der Waals surface area contributed by atoms with Gasteiger partial charge in [0.1, 0.15) is 5.82 Å². The summed E-state index contributed by atoms with van der Waals surface area (Å²) in [6.45, 7) is 0.193. The Morgan fingerprint density at radius 2 is 1.84 bits per heavy atom. The van der Waals surface area contributed by atoms with Crippen LogP contribution in [0.3, 0.4) is 0 Å². The van der Waals surface area contributed by atoms with Crippen molar-refractivity contribution in [2.24, 2.45) is 5.73 Å². The Hall–Kier alpha value is -2.69. The van der Waals surface area contributed by atoms with Gasteiger partial charge in [-0.1, -0.05) is 24.3 Å². The SMILES string of the molecule is NC(=O)CCN(C(=O)C1CCCc2ccccc21)c1ccc(F)cc1. The van der Waals surface area contributed by atoms with Crippen LogP contribution in [0.4, 0.5) is 10.1 Å². The van der Waals surface area contributed by atoms with Crippen LogP contribution in [-0.4, -0.2) is 18.4 Å². The second-order valence-electron chi connectivity index (χ2n) is 6.33. The van der Waals surface area contributed by atoms with Gasteiger partial charge in [-0.25, -0.2) is 4.39 Å². The lowest BCUT2D eigenvalue weighted by atomic mass is 9.82. The zero-order valence-corrected chi connectivity index (χ0v) is 14.0. The van der Waals surface area contributed by atoms with Gasteiger partial charge in [-0.2, -0.15) is 0 Å². The topological polar surface area (TPSA) is 63.4 Å². The number of carbonyl (C=O) groups excluding carboxylic acids is 2. The molecular formula is C20H21FN2O2. The normalized spacial score (nSPS) is 16.1. The van der Waals surface area contributed by atoms with E-state index in [1.54, 1.807) is 17.0 Å². The molecule has 5 heteroatoms. The fraction of sp³-hybridized carbons (Fsp3) is 0.300. The van der Waals surface area contributed by atoms with Crippen molar-refractivity contribution in [2.45, 2.75) is 31.6 Å². The average molecular weight is 340 g/mol. The number of benzene rings is 2. The number of carbonyl (C=O) groups is 2. The number of anilines is 1. The van der Waals surface area contributed by atoms with Gasteiger partial charge in [0, 0.05) is 18.7 Å². The van der Waals surface area contributed by atoms with Gasteiger partial charge in [-0.05, 0) is 54.7 Å². The lowest BCUT2D eigenvalue weighted by molar-refractivity contribution is -0.120. The minimum atomic E-state index is -0.469. The maximum Gasteiger partial charge on any atom is 0.234 e. The molecule has 0 heterocycles. The fourth-order valence-corrected chi connectivity index (χ4v) is 3.41. The van der Waals surface area contributed by atoms with Crippen LogP contribution in [0.2, 0.25) is 0 Å². The number of fused-ring (bicyclic) bond motifs is 1. The maximum atomic E-state index is 13.2. The van der Waals surface area contributed by atoms with Gasteiger partial charge in [0.15, 0.2) is 0 Å². The van der Waals surface area contributed by atoms with E-state index in [-0.39, 0.29) is 30.6 Å². The fourth-order valence-electron chi connectivity index (χ4n) is 3.41. The average Bonchev–Trinajstić information content (AvgIpc) is 2.62. The van der Waals surface area contributed by atoms with Crippen molar-refractivity contribution in [3.63, 3.8) is 0 Å². The number of nitrogens with two attached hydrogens (primary N) is 1. The largest absolute Gasteiger partial charge is 0.370 e. The van der Waals surface area contributed by atoms with Gasteiger partial charge in [0.25, 0.3) is 0 Å². The summed E-state index contributed by atoms with van der Waals surface area (Å²) in [6.07, 6.45) is 2.75. The second kappa shape index (κ2) is 7.47. The summed E-state index contributed by atoms with van der Waals surface area (Å²) in [6, 6.07) is 13.7. The number of primary amides is 1. The Morgan fingerprint density at radius 3 is 2.56 bits per heavy atom. The van der Waals surface area contributed by atoms with Gasteiger partial charge < -0.3 is 10.6 Å². The molecule has 1 aliphatic rings. The number of aryl methyl sites for hydroxylation is 1. The summed E-state index contributed by atoms with van der Waals surface area (Å²) in [7, 11) is 0. The number of hydrogen-bond acceptors (Lipinski definition) is 2. The summed E-state index contributed by atoms with van der Waals surface area (Å²) >= 11 is 0. The van der Waals surface area contributed by atoms with Crippen molar-refractivity contribution in [3.8, 4) is 0 Å². The van der Waals surface area contributed by atoms with E-state index in [1.807, 2.05) is 18.2 Å². The van der Waals surface area contributed by atoms with E-state index < -0.39 is 5.91 Å². The lowest BCUT2D eigenvalue weighted by Crippen LogP contribution is -2.38. The highest BCUT2D eigenvalue weighted by atomic mass is 19.1. The highest BCUT2D eigenvalue weighted by Crippen LogP contribution is 2.34. The molecule has 0 radical (unpaired) electrons. The maximum absolute atomic E-state index is 13.2. The zero-order valence-electron chi connectivity index (χ0n) is 14.0. The smallest absolute Gasteiger partial charge is 0.234 e. The third kappa shape index (κ3) is 3.87. The molecule has 0 saturated heterocycles. The van der Waals surface area contributed by atoms with Gasteiger partial charge >= 0.3 is 0 Å². The highest BCUT2D eigenvalue weighted by molar-refractivity contribution is 5.99. The third-order valence-corrected chi connectivity index (χ3v) is 4.65. The Bertz CT molecular complexity index is 774. The molecule has 2 N–H and O–H groups in total. The predicted molar refractivity (Wildman–Crippen MR) is 94.7 cm³/mol. The van der Waals surface area contributed by atoms with Crippen molar-refractivity contribution in [3.05, 3.63) is 65.5 Å². The molecule has 2 amide bonds. The molecule has 1 unspecified atom stereocenters. The van der Waals surface area contributed by atoms with Crippen LogP contribution in [0.25, 0.3) is 0 Å². The summed E-state index contributed by atoms with van der Waals surface area (Å²) < 4.78 is 13.2. The zero-order chi connectivity index (χ0) is 17.8. The first-order valence-electron chi connectivity index (χ1n) is 8.49. The summed E-state index contributed by atoms with van der Waals surface area (Å²) in [5, 5.41) is 0. The molecule has 1 atom stereocenters. The molecule has 0 fully saturated rings. The minimum Gasteiger partial charge on any atom is -0.370 e. The van der Waals surface area contributed by atoms with E-state index in [0.717, 1.165) is 24.8 Å². The van der Waals surface area contributed by atoms with Crippen LogP contribution in [-0.2, 0) is 16.0 Å². The molecule has 0 aromatic heterocycles. The monoisotopic (exact) mass is 340 g/mol. The molecule has 1 aliphatic carbocycles.